The van der Waals surface area contributed by atoms with Gasteiger partial charge in [0.2, 0.25) is 0 Å². The molecule has 1 N–H and O–H groups in total. The summed E-state index contributed by atoms with van der Waals surface area (Å²) in [6, 6.07) is 7.83. The molecule has 18 heavy (non-hydrogen) atoms. The van der Waals surface area contributed by atoms with E-state index in [2.05, 4.69) is 0 Å². The van der Waals surface area contributed by atoms with Crippen molar-refractivity contribution in [1.29, 1.82) is 0 Å². The van der Waals surface area contributed by atoms with E-state index in [1.807, 2.05) is 19.9 Å². The Bertz CT molecular complexity index is 416. The SMILES string of the molecule is CCC(C)N(C(=O)c1ccccc1)C(C)C(=O)O. The second-order valence-corrected chi connectivity index (χ2v) is 4.35. The molecule has 0 aliphatic heterocycles. The van der Waals surface area contributed by atoms with Crippen molar-refractivity contribution in [2.24, 2.45) is 0 Å². The lowest BCUT2D eigenvalue weighted by Gasteiger charge is -2.32. The number of aliphatic carboxylic acids is 1. The summed E-state index contributed by atoms with van der Waals surface area (Å²) in [5.74, 6) is -1.22. The lowest BCUT2D eigenvalue weighted by molar-refractivity contribution is -0.142. The van der Waals surface area contributed by atoms with Crippen molar-refractivity contribution >= 4 is 11.9 Å². The van der Waals surface area contributed by atoms with E-state index in [4.69, 9.17) is 5.11 Å². The molecule has 0 aromatic heterocycles. The highest BCUT2D eigenvalue weighted by Gasteiger charge is 2.29. The lowest BCUT2D eigenvalue weighted by atomic mass is 10.1. The van der Waals surface area contributed by atoms with E-state index in [0.717, 1.165) is 6.42 Å². The van der Waals surface area contributed by atoms with Gasteiger partial charge in [-0.05, 0) is 32.4 Å². The molecule has 0 bridgehead atoms. The summed E-state index contributed by atoms with van der Waals surface area (Å²) in [5.41, 5.74) is 0.519. The standard InChI is InChI=1S/C14H19NO3/c1-4-10(2)15(11(3)14(17)18)13(16)12-8-6-5-7-9-12/h5-11H,4H2,1-3H3,(H,17,18). The van der Waals surface area contributed by atoms with E-state index in [9.17, 15) is 9.59 Å². The number of carbonyl (C=O) groups excluding carboxylic acids is 1. The van der Waals surface area contributed by atoms with Gasteiger partial charge in [0.15, 0.2) is 0 Å². The molecule has 98 valence electrons. The van der Waals surface area contributed by atoms with Gasteiger partial charge in [-0.15, -0.1) is 0 Å². The fraction of sp³-hybridized carbons (Fsp3) is 0.429. The van der Waals surface area contributed by atoms with Crippen molar-refractivity contribution in [2.75, 3.05) is 0 Å². The number of nitrogens with zero attached hydrogens (tertiary/aromatic N) is 1. The number of carbonyl (C=O) groups is 2. The maximum Gasteiger partial charge on any atom is 0.326 e. The number of carboxylic acid groups (broad SMARTS) is 1. The third-order valence-electron chi connectivity index (χ3n) is 3.10. The van der Waals surface area contributed by atoms with Gasteiger partial charge in [0.25, 0.3) is 5.91 Å². The van der Waals surface area contributed by atoms with Crippen LogP contribution in [0.4, 0.5) is 0 Å². The summed E-state index contributed by atoms with van der Waals surface area (Å²) in [6.45, 7) is 5.33. The predicted octanol–water partition coefficient (Wildman–Crippen LogP) is 2.40. The minimum Gasteiger partial charge on any atom is -0.480 e. The molecule has 1 aromatic rings. The smallest absolute Gasteiger partial charge is 0.326 e. The first-order valence-electron chi connectivity index (χ1n) is 6.09. The van der Waals surface area contributed by atoms with Crippen molar-refractivity contribution in [3.05, 3.63) is 35.9 Å². The van der Waals surface area contributed by atoms with Gasteiger partial charge in [0.1, 0.15) is 6.04 Å². The van der Waals surface area contributed by atoms with Crippen LogP contribution in [0.15, 0.2) is 30.3 Å². The van der Waals surface area contributed by atoms with E-state index in [0.29, 0.717) is 5.56 Å². The quantitative estimate of drug-likeness (QED) is 0.871. The van der Waals surface area contributed by atoms with E-state index in [-0.39, 0.29) is 11.9 Å². The number of benzene rings is 1. The van der Waals surface area contributed by atoms with Crippen molar-refractivity contribution in [2.45, 2.75) is 39.3 Å². The van der Waals surface area contributed by atoms with E-state index in [1.54, 1.807) is 24.3 Å². The van der Waals surface area contributed by atoms with E-state index in [1.165, 1.54) is 11.8 Å². The molecule has 1 rings (SSSR count). The summed E-state index contributed by atoms with van der Waals surface area (Å²) >= 11 is 0. The number of amides is 1. The fourth-order valence-electron chi connectivity index (χ4n) is 1.80. The van der Waals surface area contributed by atoms with Crippen LogP contribution in [-0.4, -0.2) is 34.0 Å². The van der Waals surface area contributed by atoms with E-state index >= 15 is 0 Å². The lowest BCUT2D eigenvalue weighted by Crippen LogP contribution is -2.48. The summed E-state index contributed by atoms with van der Waals surface area (Å²) in [6.07, 6.45) is 0.718. The number of rotatable bonds is 5. The van der Waals surface area contributed by atoms with Crippen molar-refractivity contribution in [3.63, 3.8) is 0 Å². The molecule has 0 aliphatic rings. The van der Waals surface area contributed by atoms with Gasteiger partial charge in [0.05, 0.1) is 0 Å². The highest BCUT2D eigenvalue weighted by Crippen LogP contribution is 2.14. The fourth-order valence-corrected chi connectivity index (χ4v) is 1.80. The molecule has 1 aromatic carbocycles. The van der Waals surface area contributed by atoms with E-state index < -0.39 is 12.0 Å². The van der Waals surface area contributed by atoms with Gasteiger partial charge in [0, 0.05) is 11.6 Å². The molecule has 1 amide bonds. The van der Waals surface area contributed by atoms with Gasteiger partial charge >= 0.3 is 5.97 Å². The predicted molar refractivity (Wildman–Crippen MR) is 69.5 cm³/mol. The minimum atomic E-state index is -0.986. The first-order valence-corrected chi connectivity index (χ1v) is 6.09. The van der Waals surface area contributed by atoms with Crippen molar-refractivity contribution in [3.8, 4) is 0 Å². The van der Waals surface area contributed by atoms with Gasteiger partial charge in [-0.2, -0.15) is 0 Å². The Balaban J connectivity index is 3.04. The molecular formula is C14H19NO3. The van der Waals surface area contributed by atoms with Gasteiger partial charge in [-0.3, -0.25) is 4.79 Å². The molecule has 0 fully saturated rings. The molecule has 4 nitrogen and oxygen atoms in total. The molecule has 0 heterocycles. The maximum atomic E-state index is 12.4. The molecule has 0 spiro atoms. The van der Waals surface area contributed by atoms with Gasteiger partial charge < -0.3 is 10.0 Å². The second-order valence-electron chi connectivity index (χ2n) is 4.35. The Kier molecular flexibility index (Phi) is 4.89. The Labute approximate surface area is 107 Å². The third-order valence-corrected chi connectivity index (χ3v) is 3.10. The molecule has 0 radical (unpaired) electrons. The van der Waals surface area contributed by atoms with Crippen LogP contribution in [0.3, 0.4) is 0 Å². The van der Waals surface area contributed by atoms with Crippen molar-refractivity contribution < 1.29 is 14.7 Å². The van der Waals surface area contributed by atoms with Crippen LogP contribution in [0.25, 0.3) is 0 Å². The zero-order chi connectivity index (χ0) is 13.7. The first-order chi connectivity index (χ1) is 8.49. The Morgan fingerprint density at radius 2 is 1.78 bits per heavy atom. The van der Waals surface area contributed by atoms with Crippen LogP contribution in [0.1, 0.15) is 37.6 Å². The molecule has 0 saturated carbocycles. The maximum absolute atomic E-state index is 12.4. The number of carboxylic acids is 1. The van der Waals surface area contributed by atoms with Gasteiger partial charge in [-0.25, -0.2) is 4.79 Å². The monoisotopic (exact) mass is 249 g/mol. The Morgan fingerprint density at radius 3 is 2.22 bits per heavy atom. The van der Waals surface area contributed by atoms with Gasteiger partial charge in [-0.1, -0.05) is 25.1 Å². The topological polar surface area (TPSA) is 57.6 Å². The second kappa shape index (κ2) is 6.19. The molecule has 2 atom stereocenters. The average Bonchev–Trinajstić information content (AvgIpc) is 2.39. The normalized spacial score (nSPS) is 13.7. The average molecular weight is 249 g/mol. The summed E-state index contributed by atoms with van der Waals surface area (Å²) < 4.78 is 0. The molecular weight excluding hydrogens is 230 g/mol. The summed E-state index contributed by atoms with van der Waals surface area (Å²) in [4.78, 5) is 24.9. The Hall–Kier alpha value is -1.84. The first kappa shape index (κ1) is 14.2. The molecule has 0 saturated heterocycles. The molecule has 0 aliphatic carbocycles. The van der Waals surface area contributed by atoms with Crippen LogP contribution >= 0.6 is 0 Å². The molecule has 2 unspecified atom stereocenters. The Morgan fingerprint density at radius 1 is 1.22 bits per heavy atom. The number of hydrogen-bond donors (Lipinski definition) is 1. The number of hydrogen-bond acceptors (Lipinski definition) is 2. The minimum absolute atomic E-state index is 0.108. The zero-order valence-corrected chi connectivity index (χ0v) is 11.0. The van der Waals surface area contributed by atoms with Crippen LogP contribution in [0, 0.1) is 0 Å². The highest BCUT2D eigenvalue weighted by atomic mass is 16.4. The van der Waals surface area contributed by atoms with Crippen LogP contribution in [0.5, 0.6) is 0 Å². The van der Waals surface area contributed by atoms with Crippen LogP contribution < -0.4 is 0 Å². The summed E-state index contributed by atoms with van der Waals surface area (Å²) in [7, 11) is 0. The van der Waals surface area contributed by atoms with Crippen LogP contribution in [-0.2, 0) is 4.79 Å². The highest BCUT2D eigenvalue weighted by molar-refractivity contribution is 5.96. The molecule has 4 heteroatoms. The van der Waals surface area contributed by atoms with Crippen LogP contribution in [0.2, 0.25) is 0 Å². The largest absolute Gasteiger partial charge is 0.480 e. The zero-order valence-electron chi connectivity index (χ0n) is 11.0. The van der Waals surface area contributed by atoms with Crippen molar-refractivity contribution in [1.82, 2.24) is 4.90 Å². The summed E-state index contributed by atoms with van der Waals surface area (Å²) in [5, 5.41) is 9.10. The third kappa shape index (κ3) is 3.09.